The maximum Gasteiger partial charge on any atom is 0.113 e. The number of rotatable bonds is 3. The van der Waals surface area contributed by atoms with Crippen molar-refractivity contribution in [2.24, 2.45) is 23.5 Å². The van der Waals surface area contributed by atoms with E-state index in [4.69, 9.17) is 10.7 Å². The number of hydrogen-bond donors (Lipinski definition) is 1. The molecule has 0 aliphatic heterocycles. The van der Waals surface area contributed by atoms with E-state index in [1.54, 1.807) is 0 Å². The molecule has 2 nitrogen and oxygen atoms in total. The summed E-state index contributed by atoms with van der Waals surface area (Å²) in [5.74, 6) is 1.92. The molecule has 0 amide bonds. The fourth-order valence-corrected chi connectivity index (χ4v) is 4.86. The molecule has 0 spiro atoms. The van der Waals surface area contributed by atoms with Crippen LogP contribution >= 0.6 is 11.3 Å². The Balaban J connectivity index is 2.40. The van der Waals surface area contributed by atoms with E-state index < -0.39 is 0 Å². The molecule has 1 saturated carbocycles. The van der Waals surface area contributed by atoms with Crippen molar-refractivity contribution in [3.63, 3.8) is 0 Å². The van der Waals surface area contributed by atoms with Gasteiger partial charge in [0.05, 0.1) is 11.2 Å². The lowest BCUT2D eigenvalue weighted by atomic mass is 9.65. The second-order valence-electron chi connectivity index (χ2n) is 6.65. The highest BCUT2D eigenvalue weighted by Crippen LogP contribution is 2.46. The first kappa shape index (κ1) is 15.0. The van der Waals surface area contributed by atoms with E-state index in [0.717, 1.165) is 12.8 Å². The summed E-state index contributed by atoms with van der Waals surface area (Å²) in [4.78, 5) is 6.23. The molecule has 3 unspecified atom stereocenters. The molecule has 1 heterocycles. The van der Waals surface area contributed by atoms with Crippen LogP contribution in [0.5, 0.6) is 0 Å². The summed E-state index contributed by atoms with van der Waals surface area (Å²) in [6, 6.07) is 0. The average molecular weight is 280 g/mol. The third-order valence-electron chi connectivity index (χ3n) is 4.75. The number of aryl methyl sites for hydroxylation is 2. The topological polar surface area (TPSA) is 38.9 Å². The van der Waals surface area contributed by atoms with Crippen molar-refractivity contribution in [3.8, 4) is 0 Å². The molecule has 19 heavy (non-hydrogen) atoms. The molecule has 1 aliphatic carbocycles. The van der Waals surface area contributed by atoms with E-state index in [9.17, 15) is 0 Å². The third-order valence-corrected chi connectivity index (χ3v) is 5.96. The van der Waals surface area contributed by atoms with Gasteiger partial charge in [0.15, 0.2) is 0 Å². The van der Waals surface area contributed by atoms with Gasteiger partial charge in [0, 0.05) is 4.88 Å². The lowest BCUT2D eigenvalue weighted by molar-refractivity contribution is 0.108. The van der Waals surface area contributed by atoms with Gasteiger partial charge in [-0.3, -0.25) is 0 Å². The van der Waals surface area contributed by atoms with Crippen LogP contribution in [0.25, 0.3) is 0 Å². The Labute approximate surface area is 121 Å². The van der Waals surface area contributed by atoms with Crippen LogP contribution in [-0.2, 0) is 12.0 Å². The van der Waals surface area contributed by atoms with E-state index >= 15 is 0 Å². The number of aromatic nitrogens is 1. The van der Waals surface area contributed by atoms with Crippen molar-refractivity contribution in [1.82, 2.24) is 4.98 Å². The van der Waals surface area contributed by atoms with Crippen molar-refractivity contribution in [3.05, 3.63) is 15.6 Å². The minimum atomic E-state index is -0.200. The van der Waals surface area contributed by atoms with Gasteiger partial charge in [-0.2, -0.15) is 0 Å². The van der Waals surface area contributed by atoms with Gasteiger partial charge in [0.1, 0.15) is 5.01 Å². The Morgan fingerprint density at radius 1 is 1.42 bits per heavy atom. The van der Waals surface area contributed by atoms with Crippen LogP contribution < -0.4 is 5.73 Å². The first-order chi connectivity index (χ1) is 8.88. The first-order valence-electron chi connectivity index (χ1n) is 7.64. The fraction of sp³-hybridized carbons (Fsp3) is 0.812. The van der Waals surface area contributed by atoms with Crippen molar-refractivity contribution in [1.29, 1.82) is 0 Å². The SMILES string of the molecule is CCc1nc(C2(N)CC(C)CCC2C(C)C)sc1C. The Morgan fingerprint density at radius 2 is 2.11 bits per heavy atom. The quantitative estimate of drug-likeness (QED) is 0.898. The zero-order chi connectivity index (χ0) is 14.2. The molecule has 3 heteroatoms. The summed E-state index contributed by atoms with van der Waals surface area (Å²) in [5.41, 5.74) is 7.94. The largest absolute Gasteiger partial charge is 0.319 e. The standard InChI is InChI=1S/C16H28N2S/c1-6-14-12(5)19-15(18-14)16(17)9-11(4)7-8-13(16)10(2)3/h10-11,13H,6-9,17H2,1-5H3. The smallest absolute Gasteiger partial charge is 0.113 e. The van der Waals surface area contributed by atoms with Gasteiger partial charge in [-0.1, -0.05) is 34.1 Å². The molecule has 2 rings (SSSR count). The predicted octanol–water partition coefficient (Wildman–Crippen LogP) is 4.26. The lowest BCUT2D eigenvalue weighted by Crippen LogP contribution is -2.50. The van der Waals surface area contributed by atoms with E-state index in [0.29, 0.717) is 17.8 Å². The summed E-state index contributed by atoms with van der Waals surface area (Å²) < 4.78 is 0. The highest BCUT2D eigenvalue weighted by atomic mass is 32.1. The maximum atomic E-state index is 6.90. The summed E-state index contributed by atoms with van der Waals surface area (Å²) in [6.07, 6.45) is 4.66. The second kappa shape index (κ2) is 5.53. The molecular formula is C16H28N2S. The van der Waals surface area contributed by atoms with Crippen LogP contribution in [0, 0.1) is 24.7 Å². The van der Waals surface area contributed by atoms with Crippen LogP contribution in [0.2, 0.25) is 0 Å². The Bertz CT molecular complexity index is 438. The molecule has 3 atom stereocenters. The van der Waals surface area contributed by atoms with Gasteiger partial charge in [0.2, 0.25) is 0 Å². The zero-order valence-corrected chi connectivity index (χ0v) is 13.8. The van der Waals surface area contributed by atoms with E-state index in [2.05, 4.69) is 34.6 Å². The van der Waals surface area contributed by atoms with Crippen molar-refractivity contribution < 1.29 is 0 Å². The Kier molecular flexibility index (Phi) is 4.36. The summed E-state index contributed by atoms with van der Waals surface area (Å²) in [5, 5.41) is 1.19. The van der Waals surface area contributed by atoms with Crippen molar-refractivity contribution >= 4 is 11.3 Å². The molecule has 0 bridgehead atoms. The van der Waals surface area contributed by atoms with E-state index in [1.807, 2.05) is 11.3 Å². The van der Waals surface area contributed by atoms with Gasteiger partial charge in [-0.15, -0.1) is 11.3 Å². The van der Waals surface area contributed by atoms with Gasteiger partial charge in [0.25, 0.3) is 0 Å². The number of nitrogens with zero attached hydrogens (tertiary/aromatic N) is 1. The molecule has 0 saturated heterocycles. The molecule has 108 valence electrons. The summed E-state index contributed by atoms with van der Waals surface area (Å²) >= 11 is 1.83. The molecule has 1 aromatic rings. The van der Waals surface area contributed by atoms with Crippen LogP contribution in [0.1, 0.15) is 62.5 Å². The number of thiazole rings is 1. The van der Waals surface area contributed by atoms with Gasteiger partial charge >= 0.3 is 0 Å². The number of hydrogen-bond acceptors (Lipinski definition) is 3. The van der Waals surface area contributed by atoms with Crippen LogP contribution in [0.15, 0.2) is 0 Å². The molecule has 1 fully saturated rings. The minimum absolute atomic E-state index is 0.200. The maximum absolute atomic E-state index is 6.90. The Hall–Kier alpha value is -0.410. The van der Waals surface area contributed by atoms with E-state index in [1.165, 1.54) is 28.4 Å². The normalized spacial score (nSPS) is 31.9. The van der Waals surface area contributed by atoms with Crippen molar-refractivity contribution in [2.75, 3.05) is 0 Å². The van der Waals surface area contributed by atoms with Crippen molar-refractivity contribution in [2.45, 2.75) is 65.8 Å². The molecular weight excluding hydrogens is 252 g/mol. The fourth-order valence-electron chi connectivity index (χ4n) is 3.68. The molecule has 1 aliphatic rings. The van der Waals surface area contributed by atoms with E-state index in [-0.39, 0.29) is 5.54 Å². The highest BCUT2D eigenvalue weighted by molar-refractivity contribution is 7.11. The Morgan fingerprint density at radius 3 is 2.63 bits per heavy atom. The summed E-state index contributed by atoms with van der Waals surface area (Å²) in [6.45, 7) is 11.3. The number of nitrogens with two attached hydrogens (primary N) is 1. The highest BCUT2D eigenvalue weighted by Gasteiger charge is 2.44. The van der Waals surface area contributed by atoms with Gasteiger partial charge in [-0.05, 0) is 43.9 Å². The van der Waals surface area contributed by atoms with Crippen LogP contribution in [-0.4, -0.2) is 4.98 Å². The predicted molar refractivity (Wildman–Crippen MR) is 83.4 cm³/mol. The lowest BCUT2D eigenvalue weighted by Gasteiger charge is -2.44. The van der Waals surface area contributed by atoms with Crippen LogP contribution in [0.3, 0.4) is 0 Å². The second-order valence-corrected chi connectivity index (χ2v) is 7.86. The van der Waals surface area contributed by atoms with Crippen LogP contribution in [0.4, 0.5) is 0 Å². The third kappa shape index (κ3) is 2.73. The first-order valence-corrected chi connectivity index (χ1v) is 8.45. The molecule has 0 radical (unpaired) electrons. The van der Waals surface area contributed by atoms with Gasteiger partial charge in [-0.25, -0.2) is 4.98 Å². The molecule has 2 N–H and O–H groups in total. The average Bonchev–Trinajstić information content (AvgIpc) is 2.70. The summed E-state index contributed by atoms with van der Waals surface area (Å²) in [7, 11) is 0. The van der Waals surface area contributed by atoms with Gasteiger partial charge < -0.3 is 5.73 Å². The zero-order valence-electron chi connectivity index (χ0n) is 13.0. The molecule has 1 aromatic heterocycles. The molecule has 0 aromatic carbocycles. The minimum Gasteiger partial charge on any atom is -0.319 e. The monoisotopic (exact) mass is 280 g/mol.